The van der Waals surface area contributed by atoms with Gasteiger partial charge in [0, 0.05) is 6.42 Å². The molecule has 0 saturated carbocycles. The van der Waals surface area contributed by atoms with Gasteiger partial charge in [-0.1, -0.05) is 115 Å². The lowest BCUT2D eigenvalue weighted by Crippen LogP contribution is -2.43. The van der Waals surface area contributed by atoms with Crippen LogP contribution in [0.2, 0.25) is 0 Å². The van der Waals surface area contributed by atoms with Crippen LogP contribution in [0.1, 0.15) is 116 Å². The Kier molecular flexibility index (Phi) is 16.3. The van der Waals surface area contributed by atoms with Crippen LogP contribution in [-0.4, -0.2) is 61.6 Å². The van der Waals surface area contributed by atoms with Gasteiger partial charge in [-0.2, -0.15) is 19.4 Å². The van der Waals surface area contributed by atoms with Gasteiger partial charge >= 0.3 is 19.8 Å². The van der Waals surface area contributed by atoms with E-state index >= 15 is 0 Å². The Morgan fingerprint density at radius 1 is 1.10 bits per heavy atom. The molecule has 1 saturated heterocycles. The van der Waals surface area contributed by atoms with Crippen molar-refractivity contribution in [1.29, 1.82) is 0 Å². The molecule has 3 aromatic rings. The summed E-state index contributed by atoms with van der Waals surface area (Å²) in [6, 6.07) is 7.17. The van der Waals surface area contributed by atoms with Crippen LogP contribution in [0, 0.1) is 18.4 Å². The average molecular weight is 745 g/mol. The van der Waals surface area contributed by atoms with Crippen molar-refractivity contribution in [2.24, 2.45) is 0 Å². The van der Waals surface area contributed by atoms with Crippen LogP contribution in [0.5, 0.6) is 5.75 Å². The van der Waals surface area contributed by atoms with Gasteiger partial charge in [-0.05, 0) is 25.5 Å². The molecule has 3 heterocycles. The van der Waals surface area contributed by atoms with Crippen molar-refractivity contribution in [3.8, 4) is 18.1 Å². The predicted molar refractivity (Wildman–Crippen MR) is 197 cm³/mol. The fourth-order valence-electron chi connectivity index (χ4n) is 6.12. The normalized spacial score (nSPS) is 20.4. The topological polar surface area (TPSA) is 173 Å². The largest absolute Gasteiger partial charge is 0.465 e. The molecule has 1 aliphatic heterocycles. The number of aliphatic hydroxyl groups excluding tert-OH is 1. The van der Waals surface area contributed by atoms with Crippen molar-refractivity contribution in [2.75, 3.05) is 18.9 Å². The number of terminal acetylenes is 1. The smallest absolute Gasteiger partial charge is 0.459 e. The molecule has 1 aliphatic rings. The molecule has 2 aromatic heterocycles. The second-order valence-electron chi connectivity index (χ2n) is 13.3. The van der Waals surface area contributed by atoms with E-state index in [2.05, 4.69) is 32.9 Å². The highest BCUT2D eigenvalue weighted by Crippen LogP contribution is 2.48. The van der Waals surface area contributed by atoms with Crippen LogP contribution in [0.15, 0.2) is 36.7 Å². The van der Waals surface area contributed by atoms with Crippen LogP contribution in [0.25, 0.3) is 11.2 Å². The zero-order valence-corrected chi connectivity index (χ0v) is 31.3. The quantitative estimate of drug-likeness (QED) is 0.0273. The molecule has 52 heavy (non-hydrogen) atoms. The van der Waals surface area contributed by atoms with E-state index in [9.17, 15) is 18.9 Å². The molecule has 15 heteroatoms. The number of ether oxygens (including phenoxy) is 2. The number of hydrogen-bond acceptors (Lipinski definition) is 11. The van der Waals surface area contributed by atoms with Gasteiger partial charge in [0.25, 0.3) is 0 Å². The molecule has 0 amide bonds. The first kappa shape index (κ1) is 41.2. The number of carbonyl (C=O) groups excluding carboxylic acids is 1. The SMILES string of the molecule is C#C[C@]1(CO[P@@](=O)(N[C@@H](C)C(=O)OCCCCCCCCCCCCCCCC)Oc2ccccc2)O[C@@H](n2cnc3c(N)nc(F)nc32)C[C@@H]1O. The van der Waals surface area contributed by atoms with Crippen LogP contribution in [0.4, 0.5) is 10.2 Å². The maximum atomic E-state index is 14.1. The summed E-state index contributed by atoms with van der Waals surface area (Å²) in [6.07, 6.45) is 20.9. The summed E-state index contributed by atoms with van der Waals surface area (Å²) in [7, 11) is -4.34. The number of benzene rings is 1. The third kappa shape index (κ3) is 12.0. The highest BCUT2D eigenvalue weighted by atomic mass is 31.2. The number of nitrogen functional groups attached to an aromatic ring is 1. The number of hydrogen-bond donors (Lipinski definition) is 3. The fraction of sp³-hybridized carbons (Fsp3) is 0.622. The fourth-order valence-corrected chi connectivity index (χ4v) is 7.64. The number of rotatable bonds is 24. The molecule has 5 atom stereocenters. The summed E-state index contributed by atoms with van der Waals surface area (Å²) >= 11 is 0. The molecule has 0 unspecified atom stereocenters. The summed E-state index contributed by atoms with van der Waals surface area (Å²) in [5, 5.41) is 13.7. The molecule has 1 aromatic carbocycles. The number of anilines is 1. The Balaban J connectivity index is 1.25. The molecule has 13 nitrogen and oxygen atoms in total. The summed E-state index contributed by atoms with van der Waals surface area (Å²) in [6.45, 7) is 3.37. The molecule has 0 aliphatic carbocycles. The number of nitrogens with one attached hydrogen (secondary N) is 1. The van der Waals surface area contributed by atoms with Gasteiger partial charge in [-0.3, -0.25) is 13.9 Å². The molecular formula is C37H54FN6O7P. The number of nitrogens with two attached hydrogens (primary N) is 1. The lowest BCUT2D eigenvalue weighted by Gasteiger charge is -2.29. The van der Waals surface area contributed by atoms with Gasteiger partial charge in [0.1, 0.15) is 30.7 Å². The highest BCUT2D eigenvalue weighted by molar-refractivity contribution is 7.52. The zero-order chi connectivity index (χ0) is 37.4. The Morgan fingerprint density at radius 3 is 2.33 bits per heavy atom. The first-order valence-corrected chi connectivity index (χ1v) is 20.1. The van der Waals surface area contributed by atoms with Gasteiger partial charge < -0.3 is 24.8 Å². The van der Waals surface area contributed by atoms with Crippen molar-refractivity contribution >= 4 is 30.7 Å². The van der Waals surface area contributed by atoms with Crippen molar-refractivity contribution in [1.82, 2.24) is 24.6 Å². The summed E-state index contributed by atoms with van der Waals surface area (Å²) in [5.74, 6) is 1.83. The first-order valence-electron chi connectivity index (χ1n) is 18.5. The van der Waals surface area contributed by atoms with Crippen molar-refractivity contribution < 1.29 is 37.4 Å². The number of aliphatic hydroxyl groups is 1. The van der Waals surface area contributed by atoms with Crippen molar-refractivity contribution in [2.45, 2.75) is 134 Å². The minimum atomic E-state index is -4.34. The Bertz CT molecular complexity index is 1640. The molecule has 0 bridgehead atoms. The number of imidazole rings is 1. The number of halogens is 1. The van der Waals surface area contributed by atoms with Crippen molar-refractivity contribution in [3.63, 3.8) is 0 Å². The number of carbonyl (C=O) groups is 1. The number of para-hydroxylation sites is 1. The van der Waals surface area contributed by atoms with Gasteiger partial charge in [0.15, 0.2) is 22.6 Å². The van der Waals surface area contributed by atoms with Crippen LogP contribution in [-0.2, 0) is 23.4 Å². The van der Waals surface area contributed by atoms with Gasteiger partial charge in [-0.25, -0.2) is 9.55 Å². The second-order valence-corrected chi connectivity index (χ2v) is 15.0. The summed E-state index contributed by atoms with van der Waals surface area (Å²) in [4.78, 5) is 24.3. The summed E-state index contributed by atoms with van der Waals surface area (Å²) in [5.41, 5.74) is 4.15. The van der Waals surface area contributed by atoms with Crippen molar-refractivity contribution in [3.05, 3.63) is 42.7 Å². The number of esters is 1. The maximum absolute atomic E-state index is 14.1. The van der Waals surface area contributed by atoms with Crippen LogP contribution < -0.4 is 15.3 Å². The molecule has 4 rings (SSSR count). The van der Waals surface area contributed by atoms with E-state index in [1.165, 1.54) is 88.4 Å². The third-order valence-electron chi connectivity index (χ3n) is 9.15. The predicted octanol–water partition coefficient (Wildman–Crippen LogP) is 7.41. The van der Waals surface area contributed by atoms with E-state index in [1.54, 1.807) is 30.3 Å². The lowest BCUT2D eigenvalue weighted by atomic mass is 9.99. The number of unbranched alkanes of at least 4 members (excludes halogenated alkanes) is 13. The minimum absolute atomic E-state index is 0.0390. The summed E-state index contributed by atoms with van der Waals surface area (Å²) < 4.78 is 52.5. The first-order chi connectivity index (χ1) is 25.1. The van der Waals surface area contributed by atoms with E-state index in [0.29, 0.717) is 0 Å². The van der Waals surface area contributed by atoms with Gasteiger partial charge in [-0.15, -0.1) is 6.42 Å². The molecule has 0 spiro atoms. The minimum Gasteiger partial charge on any atom is -0.465 e. The monoisotopic (exact) mass is 744 g/mol. The molecule has 0 radical (unpaired) electrons. The molecular weight excluding hydrogens is 690 g/mol. The standard InChI is InChI=1S/C37H54FN6O7P/c1-4-6-7-8-9-10-11-12-13-14-15-16-17-21-24-48-35(46)28(3)43-52(47,51-29-22-19-18-20-23-29)49-26-37(5-2)30(45)25-31(50-37)44-27-40-32-33(39)41-36(38)42-34(32)44/h2,18-20,22-23,27-28,30-31,45H,4,6-17,21,24-26H2,1,3H3,(H,43,47)(H2,39,41,42)/t28-,30-,31+,37+,52-/m0/s1. The Morgan fingerprint density at radius 2 is 1.71 bits per heavy atom. The number of nitrogens with zero attached hydrogens (tertiary/aromatic N) is 4. The second kappa shape index (κ2) is 20.6. The van der Waals surface area contributed by atoms with E-state index < -0.39 is 50.4 Å². The molecule has 4 N–H and O–H groups in total. The van der Waals surface area contributed by atoms with Gasteiger partial charge in [0.2, 0.25) is 0 Å². The zero-order valence-electron chi connectivity index (χ0n) is 30.4. The van der Waals surface area contributed by atoms with E-state index in [-0.39, 0.29) is 35.8 Å². The maximum Gasteiger partial charge on any atom is 0.459 e. The number of fused-ring (bicyclic) bond motifs is 1. The average Bonchev–Trinajstić information content (AvgIpc) is 3.70. The van der Waals surface area contributed by atoms with E-state index in [4.69, 9.17) is 30.7 Å². The van der Waals surface area contributed by atoms with Gasteiger partial charge in [0.05, 0.1) is 12.9 Å². The van der Waals surface area contributed by atoms with Crippen LogP contribution in [0.3, 0.4) is 0 Å². The molecule has 1 fully saturated rings. The van der Waals surface area contributed by atoms with E-state index in [0.717, 1.165) is 19.3 Å². The Labute approximate surface area is 306 Å². The Hall–Kier alpha value is -3.60. The van der Waals surface area contributed by atoms with Crippen LogP contribution >= 0.6 is 7.75 Å². The molecule has 286 valence electrons. The lowest BCUT2D eigenvalue weighted by molar-refractivity contribution is -0.145. The van der Waals surface area contributed by atoms with E-state index in [1.807, 2.05) is 0 Å². The third-order valence-corrected chi connectivity index (χ3v) is 10.8. The highest BCUT2D eigenvalue weighted by Gasteiger charge is 2.50. The number of aromatic nitrogens is 4.